The van der Waals surface area contributed by atoms with Crippen molar-refractivity contribution in [3.05, 3.63) is 0 Å². The SMILES string of the molecule is C#CCC(NCC)C(C)(C)CC. The summed E-state index contributed by atoms with van der Waals surface area (Å²) in [6, 6.07) is 0.456. The van der Waals surface area contributed by atoms with Crippen LogP contribution in [0.2, 0.25) is 0 Å². The van der Waals surface area contributed by atoms with Crippen molar-refractivity contribution in [2.45, 2.75) is 46.6 Å². The Bertz CT molecular complexity index is 153. The van der Waals surface area contributed by atoms with Crippen LogP contribution in [0.1, 0.15) is 40.5 Å². The molecule has 0 heterocycles. The summed E-state index contributed by atoms with van der Waals surface area (Å²) in [4.78, 5) is 0. The minimum absolute atomic E-state index is 0.308. The molecule has 0 aliphatic carbocycles. The van der Waals surface area contributed by atoms with E-state index in [4.69, 9.17) is 6.42 Å². The summed E-state index contributed by atoms with van der Waals surface area (Å²) >= 11 is 0. The number of nitrogens with one attached hydrogen (secondary N) is 1. The number of hydrogen-bond acceptors (Lipinski definition) is 1. The van der Waals surface area contributed by atoms with Crippen LogP contribution in [-0.2, 0) is 0 Å². The molecule has 0 aliphatic heterocycles. The van der Waals surface area contributed by atoms with Gasteiger partial charge in [-0.3, -0.25) is 0 Å². The first kappa shape index (κ1) is 11.5. The molecule has 1 atom stereocenters. The third-order valence-corrected chi connectivity index (χ3v) is 2.63. The third kappa shape index (κ3) is 3.28. The van der Waals surface area contributed by atoms with Gasteiger partial charge in [0.1, 0.15) is 0 Å². The second kappa shape index (κ2) is 5.22. The summed E-state index contributed by atoms with van der Waals surface area (Å²) < 4.78 is 0. The molecule has 70 valence electrons. The van der Waals surface area contributed by atoms with Crippen molar-refractivity contribution in [3.63, 3.8) is 0 Å². The fourth-order valence-electron chi connectivity index (χ4n) is 1.24. The average molecular weight is 167 g/mol. The summed E-state index contributed by atoms with van der Waals surface area (Å²) in [6.45, 7) is 9.85. The Kier molecular flexibility index (Phi) is 5.01. The van der Waals surface area contributed by atoms with Gasteiger partial charge in [-0.25, -0.2) is 0 Å². The zero-order chi connectivity index (χ0) is 9.61. The van der Waals surface area contributed by atoms with Gasteiger partial charge in [0.25, 0.3) is 0 Å². The van der Waals surface area contributed by atoms with Gasteiger partial charge in [-0.15, -0.1) is 12.3 Å². The van der Waals surface area contributed by atoms with Crippen LogP contribution in [0.3, 0.4) is 0 Å². The largest absolute Gasteiger partial charge is 0.313 e. The fourth-order valence-corrected chi connectivity index (χ4v) is 1.24. The van der Waals surface area contributed by atoms with E-state index in [2.05, 4.69) is 38.9 Å². The molecule has 0 aliphatic rings. The van der Waals surface area contributed by atoms with E-state index in [1.165, 1.54) is 0 Å². The smallest absolute Gasteiger partial charge is 0.0245 e. The molecule has 12 heavy (non-hydrogen) atoms. The molecule has 1 unspecified atom stereocenters. The van der Waals surface area contributed by atoms with Crippen LogP contribution in [0, 0.1) is 17.8 Å². The second-order valence-electron chi connectivity index (χ2n) is 3.86. The number of rotatable bonds is 5. The van der Waals surface area contributed by atoms with Gasteiger partial charge in [-0.1, -0.05) is 27.7 Å². The molecule has 1 nitrogen and oxygen atoms in total. The first-order chi connectivity index (χ1) is 5.58. The van der Waals surface area contributed by atoms with E-state index in [0.717, 1.165) is 19.4 Å². The van der Waals surface area contributed by atoms with Crippen LogP contribution in [0.4, 0.5) is 0 Å². The predicted octanol–water partition coefficient (Wildman–Crippen LogP) is 2.42. The van der Waals surface area contributed by atoms with Crippen molar-refractivity contribution in [2.75, 3.05) is 6.54 Å². The van der Waals surface area contributed by atoms with Gasteiger partial charge in [0.05, 0.1) is 0 Å². The Morgan fingerprint density at radius 2 is 2.00 bits per heavy atom. The van der Waals surface area contributed by atoms with Crippen molar-refractivity contribution in [1.29, 1.82) is 0 Å². The Labute approximate surface area is 76.9 Å². The van der Waals surface area contributed by atoms with E-state index in [1.54, 1.807) is 0 Å². The lowest BCUT2D eigenvalue weighted by molar-refractivity contribution is 0.237. The molecule has 0 saturated carbocycles. The first-order valence-corrected chi connectivity index (χ1v) is 4.75. The van der Waals surface area contributed by atoms with Crippen molar-refractivity contribution >= 4 is 0 Å². The molecular weight excluding hydrogens is 146 g/mol. The van der Waals surface area contributed by atoms with Gasteiger partial charge >= 0.3 is 0 Å². The van der Waals surface area contributed by atoms with Gasteiger partial charge in [-0.05, 0) is 18.4 Å². The number of terminal acetylenes is 1. The zero-order valence-corrected chi connectivity index (χ0v) is 8.78. The van der Waals surface area contributed by atoms with E-state index < -0.39 is 0 Å². The monoisotopic (exact) mass is 167 g/mol. The van der Waals surface area contributed by atoms with Crippen LogP contribution in [0.5, 0.6) is 0 Å². The standard InChI is InChI=1S/C11H21N/c1-6-9-10(12-8-3)11(4,5)7-2/h1,10,12H,7-9H2,2-5H3. The van der Waals surface area contributed by atoms with Crippen molar-refractivity contribution in [3.8, 4) is 12.3 Å². The molecule has 0 fully saturated rings. The molecule has 0 saturated heterocycles. The summed E-state index contributed by atoms with van der Waals surface area (Å²) in [5.41, 5.74) is 0.308. The zero-order valence-electron chi connectivity index (χ0n) is 8.78. The van der Waals surface area contributed by atoms with Gasteiger partial charge in [0, 0.05) is 12.5 Å². The summed E-state index contributed by atoms with van der Waals surface area (Å²) in [5, 5.41) is 3.43. The van der Waals surface area contributed by atoms with E-state index in [9.17, 15) is 0 Å². The molecular formula is C11H21N. The first-order valence-electron chi connectivity index (χ1n) is 4.75. The highest BCUT2D eigenvalue weighted by Crippen LogP contribution is 2.26. The van der Waals surface area contributed by atoms with Gasteiger partial charge in [0.2, 0.25) is 0 Å². The minimum atomic E-state index is 0.308. The molecule has 0 spiro atoms. The highest BCUT2D eigenvalue weighted by atomic mass is 14.9. The lowest BCUT2D eigenvalue weighted by Crippen LogP contribution is -2.41. The molecule has 0 bridgehead atoms. The lowest BCUT2D eigenvalue weighted by atomic mass is 9.80. The van der Waals surface area contributed by atoms with Gasteiger partial charge in [-0.2, -0.15) is 0 Å². The molecule has 0 rings (SSSR count). The molecule has 1 heteroatoms. The summed E-state index contributed by atoms with van der Waals surface area (Å²) in [7, 11) is 0. The number of hydrogen-bond donors (Lipinski definition) is 1. The Hall–Kier alpha value is -0.480. The van der Waals surface area contributed by atoms with Crippen molar-refractivity contribution in [1.82, 2.24) is 5.32 Å². The molecule has 0 radical (unpaired) electrons. The quantitative estimate of drug-likeness (QED) is 0.620. The van der Waals surface area contributed by atoms with Crippen LogP contribution in [0.25, 0.3) is 0 Å². The van der Waals surface area contributed by atoms with Crippen LogP contribution in [-0.4, -0.2) is 12.6 Å². The molecule has 0 amide bonds. The van der Waals surface area contributed by atoms with E-state index >= 15 is 0 Å². The summed E-state index contributed by atoms with van der Waals surface area (Å²) in [5.74, 6) is 2.73. The van der Waals surface area contributed by atoms with E-state index in [1.807, 2.05) is 0 Å². The van der Waals surface area contributed by atoms with Crippen LogP contribution in [0.15, 0.2) is 0 Å². The maximum Gasteiger partial charge on any atom is 0.0245 e. The highest BCUT2D eigenvalue weighted by Gasteiger charge is 2.25. The highest BCUT2D eigenvalue weighted by molar-refractivity contribution is 4.95. The van der Waals surface area contributed by atoms with E-state index in [0.29, 0.717) is 11.5 Å². The fraction of sp³-hybridized carbons (Fsp3) is 0.818. The minimum Gasteiger partial charge on any atom is -0.313 e. The average Bonchev–Trinajstić information content (AvgIpc) is 2.04. The Morgan fingerprint density at radius 3 is 2.33 bits per heavy atom. The topological polar surface area (TPSA) is 12.0 Å². The molecule has 0 aromatic heterocycles. The Morgan fingerprint density at radius 1 is 1.42 bits per heavy atom. The maximum absolute atomic E-state index is 5.32. The van der Waals surface area contributed by atoms with E-state index in [-0.39, 0.29) is 0 Å². The lowest BCUT2D eigenvalue weighted by Gasteiger charge is -2.32. The Balaban J connectivity index is 4.19. The maximum atomic E-state index is 5.32. The van der Waals surface area contributed by atoms with Crippen LogP contribution < -0.4 is 5.32 Å². The normalized spacial score (nSPS) is 13.9. The second-order valence-corrected chi connectivity index (χ2v) is 3.86. The molecule has 0 aromatic carbocycles. The molecule has 1 N–H and O–H groups in total. The van der Waals surface area contributed by atoms with Crippen molar-refractivity contribution < 1.29 is 0 Å². The molecule has 0 aromatic rings. The third-order valence-electron chi connectivity index (χ3n) is 2.63. The summed E-state index contributed by atoms with van der Waals surface area (Å²) in [6.07, 6.45) is 7.31. The van der Waals surface area contributed by atoms with Crippen molar-refractivity contribution in [2.24, 2.45) is 5.41 Å². The van der Waals surface area contributed by atoms with Crippen LogP contribution >= 0.6 is 0 Å². The van der Waals surface area contributed by atoms with Gasteiger partial charge < -0.3 is 5.32 Å². The predicted molar refractivity (Wildman–Crippen MR) is 55.0 cm³/mol. The van der Waals surface area contributed by atoms with Gasteiger partial charge in [0.15, 0.2) is 0 Å².